The van der Waals surface area contributed by atoms with E-state index in [2.05, 4.69) is 10.4 Å². The Kier molecular flexibility index (Phi) is 5.73. The maximum atomic E-state index is 11.7. The molecule has 0 bridgehead atoms. The van der Waals surface area contributed by atoms with Gasteiger partial charge in [-0.2, -0.15) is 5.10 Å². The summed E-state index contributed by atoms with van der Waals surface area (Å²) in [5, 5.41) is 7.30. The molecule has 0 aliphatic heterocycles. The van der Waals surface area contributed by atoms with Crippen LogP contribution in [0.15, 0.2) is 30.3 Å². The zero-order valence-electron chi connectivity index (χ0n) is 11.6. The van der Waals surface area contributed by atoms with Crippen molar-refractivity contribution in [3.05, 3.63) is 41.7 Å². The third kappa shape index (κ3) is 3.59. The number of nitrogens with two attached hydrogens (primary N) is 1. The highest BCUT2D eigenvalue weighted by Gasteiger charge is 2.10. The molecule has 1 heterocycles. The molecule has 0 aliphatic rings. The van der Waals surface area contributed by atoms with E-state index in [9.17, 15) is 4.79 Å². The van der Waals surface area contributed by atoms with Crippen molar-refractivity contribution in [1.82, 2.24) is 9.78 Å². The van der Waals surface area contributed by atoms with Crippen molar-refractivity contribution in [2.45, 2.75) is 20.3 Å². The van der Waals surface area contributed by atoms with Gasteiger partial charge in [0.2, 0.25) is 5.91 Å². The van der Waals surface area contributed by atoms with Gasteiger partial charge in [-0.3, -0.25) is 4.79 Å². The first-order valence-electron chi connectivity index (χ1n) is 6.24. The van der Waals surface area contributed by atoms with Gasteiger partial charge in [-0.15, -0.1) is 12.4 Å². The number of aromatic nitrogens is 2. The molecule has 0 spiro atoms. The summed E-state index contributed by atoms with van der Waals surface area (Å²) in [4.78, 5) is 11.7. The van der Waals surface area contributed by atoms with Gasteiger partial charge < -0.3 is 11.1 Å². The third-order valence-corrected chi connectivity index (χ3v) is 2.79. The number of hydrogen-bond acceptors (Lipinski definition) is 3. The molecule has 2 rings (SSSR count). The summed E-state index contributed by atoms with van der Waals surface area (Å²) in [7, 11) is 0. The average molecular weight is 295 g/mol. The van der Waals surface area contributed by atoms with Crippen molar-refractivity contribution in [2.24, 2.45) is 5.73 Å². The Morgan fingerprint density at radius 3 is 2.65 bits per heavy atom. The zero-order chi connectivity index (χ0) is 13.8. The number of anilines is 1. The highest BCUT2D eigenvalue weighted by molar-refractivity contribution is 5.92. The monoisotopic (exact) mass is 294 g/mol. The molecule has 1 amide bonds. The summed E-state index contributed by atoms with van der Waals surface area (Å²) >= 11 is 0. The summed E-state index contributed by atoms with van der Waals surface area (Å²) < 4.78 is 1.83. The largest absolute Gasteiger partial charge is 0.330 e. The van der Waals surface area contributed by atoms with Crippen LogP contribution in [0.5, 0.6) is 0 Å². The van der Waals surface area contributed by atoms with Gasteiger partial charge in [-0.05, 0) is 32.0 Å². The van der Waals surface area contributed by atoms with Crippen LogP contribution >= 0.6 is 12.4 Å². The van der Waals surface area contributed by atoms with Gasteiger partial charge in [0.05, 0.1) is 17.1 Å². The van der Waals surface area contributed by atoms with Gasteiger partial charge in [0, 0.05) is 18.7 Å². The minimum Gasteiger partial charge on any atom is -0.330 e. The first-order chi connectivity index (χ1) is 9.11. The predicted octanol–water partition coefficient (Wildman–Crippen LogP) is 2.20. The maximum Gasteiger partial charge on any atom is 0.225 e. The van der Waals surface area contributed by atoms with Gasteiger partial charge in [0.15, 0.2) is 0 Å². The van der Waals surface area contributed by atoms with E-state index in [1.54, 1.807) is 0 Å². The minimum atomic E-state index is -0.0866. The Bertz CT molecular complexity index is 595. The third-order valence-electron chi connectivity index (χ3n) is 2.79. The van der Waals surface area contributed by atoms with Crippen LogP contribution in [0.3, 0.4) is 0 Å². The molecule has 1 aromatic heterocycles. The highest BCUT2D eigenvalue weighted by Crippen LogP contribution is 2.21. The van der Waals surface area contributed by atoms with E-state index in [1.807, 2.05) is 48.9 Å². The zero-order valence-corrected chi connectivity index (χ0v) is 12.4. The van der Waals surface area contributed by atoms with Crippen molar-refractivity contribution in [1.29, 1.82) is 0 Å². The number of hydrogen-bond donors (Lipinski definition) is 2. The van der Waals surface area contributed by atoms with Crippen LogP contribution in [0.2, 0.25) is 0 Å². The second kappa shape index (κ2) is 7.07. The lowest BCUT2D eigenvalue weighted by Crippen LogP contribution is -2.17. The Balaban J connectivity index is 0.00000200. The molecule has 0 saturated heterocycles. The molecule has 0 saturated carbocycles. The molecular formula is C14H19ClN4O. The molecule has 3 N–H and O–H groups in total. The van der Waals surface area contributed by atoms with Crippen LogP contribution in [-0.4, -0.2) is 22.2 Å². The number of nitrogens with zero attached hydrogens (tertiary/aromatic N) is 2. The first-order valence-corrected chi connectivity index (χ1v) is 6.24. The number of para-hydroxylation sites is 2. The fourth-order valence-corrected chi connectivity index (χ4v) is 1.98. The molecule has 0 radical (unpaired) electrons. The summed E-state index contributed by atoms with van der Waals surface area (Å²) in [6.07, 6.45) is 0.311. The number of benzene rings is 1. The molecule has 0 unspecified atom stereocenters. The second-order valence-electron chi connectivity index (χ2n) is 4.44. The Morgan fingerprint density at radius 2 is 2.05 bits per heavy atom. The lowest BCUT2D eigenvalue weighted by atomic mass is 10.2. The molecule has 0 fully saturated rings. The lowest BCUT2D eigenvalue weighted by molar-refractivity contribution is -0.116. The summed E-state index contributed by atoms with van der Waals surface area (Å²) in [6, 6.07) is 9.59. The van der Waals surface area contributed by atoms with E-state index in [1.165, 1.54) is 0 Å². The fraction of sp³-hybridized carbons (Fsp3) is 0.286. The molecule has 108 valence electrons. The summed E-state index contributed by atoms with van der Waals surface area (Å²) in [6.45, 7) is 4.27. The Labute approximate surface area is 124 Å². The van der Waals surface area contributed by atoms with Crippen LogP contribution in [-0.2, 0) is 4.79 Å². The highest BCUT2D eigenvalue weighted by atomic mass is 35.5. The number of amides is 1. The second-order valence-corrected chi connectivity index (χ2v) is 4.44. The lowest BCUT2D eigenvalue weighted by Gasteiger charge is -2.12. The van der Waals surface area contributed by atoms with Gasteiger partial charge >= 0.3 is 0 Å². The Morgan fingerprint density at radius 1 is 1.35 bits per heavy atom. The van der Waals surface area contributed by atoms with Crippen molar-refractivity contribution in [3.63, 3.8) is 0 Å². The normalized spacial score (nSPS) is 9.95. The molecule has 0 atom stereocenters. The van der Waals surface area contributed by atoms with Crippen LogP contribution in [0, 0.1) is 13.8 Å². The molecule has 0 aliphatic carbocycles. The number of carbonyl (C=O) groups is 1. The number of aryl methyl sites for hydroxylation is 2. The van der Waals surface area contributed by atoms with Gasteiger partial charge in [0.25, 0.3) is 0 Å². The molecule has 5 nitrogen and oxygen atoms in total. The smallest absolute Gasteiger partial charge is 0.225 e. The van der Waals surface area contributed by atoms with E-state index in [4.69, 9.17) is 5.73 Å². The minimum absolute atomic E-state index is 0. The number of halogens is 1. The van der Waals surface area contributed by atoms with E-state index in [-0.39, 0.29) is 18.3 Å². The standard InChI is InChI=1S/C14H18N4O.ClH/c1-10-9-11(2)18(17-10)13-6-4-3-5-12(13)16-14(19)7-8-15;/h3-6,9H,7-8,15H2,1-2H3,(H,16,19);1H. The van der Waals surface area contributed by atoms with Crippen LogP contribution in [0.4, 0.5) is 5.69 Å². The number of rotatable bonds is 4. The predicted molar refractivity (Wildman–Crippen MR) is 82.6 cm³/mol. The molecule has 20 heavy (non-hydrogen) atoms. The number of carbonyl (C=O) groups excluding carboxylic acids is 1. The van der Waals surface area contributed by atoms with Crippen LogP contribution < -0.4 is 11.1 Å². The van der Waals surface area contributed by atoms with Crippen molar-refractivity contribution in [2.75, 3.05) is 11.9 Å². The van der Waals surface area contributed by atoms with Gasteiger partial charge in [-0.25, -0.2) is 4.68 Å². The summed E-state index contributed by atoms with van der Waals surface area (Å²) in [5.41, 5.74) is 8.95. The quantitative estimate of drug-likeness (QED) is 0.908. The molecule has 6 heteroatoms. The van der Waals surface area contributed by atoms with E-state index >= 15 is 0 Å². The number of nitrogens with one attached hydrogen (secondary N) is 1. The molecule has 1 aromatic carbocycles. The summed E-state index contributed by atoms with van der Waals surface area (Å²) in [5.74, 6) is -0.0866. The van der Waals surface area contributed by atoms with Crippen molar-refractivity contribution in [3.8, 4) is 5.69 Å². The van der Waals surface area contributed by atoms with E-state index in [0.717, 1.165) is 22.8 Å². The van der Waals surface area contributed by atoms with Crippen molar-refractivity contribution >= 4 is 24.0 Å². The van der Waals surface area contributed by atoms with Gasteiger partial charge in [-0.1, -0.05) is 12.1 Å². The van der Waals surface area contributed by atoms with Crippen LogP contribution in [0.25, 0.3) is 5.69 Å². The Hall–Kier alpha value is -1.85. The van der Waals surface area contributed by atoms with Gasteiger partial charge in [0.1, 0.15) is 0 Å². The molecular weight excluding hydrogens is 276 g/mol. The van der Waals surface area contributed by atoms with E-state index in [0.29, 0.717) is 13.0 Å². The van der Waals surface area contributed by atoms with Crippen molar-refractivity contribution < 1.29 is 4.79 Å². The fourth-order valence-electron chi connectivity index (χ4n) is 1.98. The first kappa shape index (κ1) is 16.2. The SMILES string of the molecule is Cc1cc(C)n(-c2ccccc2NC(=O)CCN)n1.Cl. The molecule has 2 aromatic rings. The topological polar surface area (TPSA) is 72.9 Å². The maximum absolute atomic E-state index is 11.7. The van der Waals surface area contributed by atoms with E-state index < -0.39 is 0 Å². The van der Waals surface area contributed by atoms with Crippen LogP contribution in [0.1, 0.15) is 17.8 Å². The average Bonchev–Trinajstić information content (AvgIpc) is 2.69.